The van der Waals surface area contributed by atoms with Crippen LogP contribution in [0.15, 0.2) is 6.20 Å². The number of hydrogen-bond donors (Lipinski definition) is 1. The minimum atomic E-state index is -0.165. The molecular weight excluding hydrogens is 274 g/mol. The van der Waals surface area contributed by atoms with E-state index in [9.17, 15) is 0 Å². The van der Waals surface area contributed by atoms with Gasteiger partial charge < -0.3 is 10.1 Å². The van der Waals surface area contributed by atoms with Crippen LogP contribution in [0.3, 0.4) is 0 Å². The van der Waals surface area contributed by atoms with E-state index in [0.717, 1.165) is 36.5 Å². The second-order valence-electron chi connectivity index (χ2n) is 5.65. The van der Waals surface area contributed by atoms with Crippen LogP contribution >= 0.6 is 11.6 Å². The summed E-state index contributed by atoms with van der Waals surface area (Å²) in [5.74, 6) is 0. The van der Waals surface area contributed by atoms with Gasteiger partial charge in [0.05, 0.1) is 28.6 Å². The lowest BCUT2D eigenvalue weighted by Gasteiger charge is -2.42. The standard InChI is InChI=1S/C15H26ClN3O/c1-4-10-19-13(12(16)11-18-19)14(17-2)15(20-3)8-6-5-7-9-15/h11,14,17H,4-10H2,1-3H3. The number of hydrogen-bond acceptors (Lipinski definition) is 3. The normalized spacial score (nSPS) is 20.0. The highest BCUT2D eigenvalue weighted by molar-refractivity contribution is 6.31. The number of halogens is 1. The summed E-state index contributed by atoms with van der Waals surface area (Å²) in [5, 5.41) is 8.59. The molecule has 0 amide bonds. The molecule has 1 heterocycles. The van der Waals surface area contributed by atoms with Crippen LogP contribution in [0.5, 0.6) is 0 Å². The molecule has 1 saturated carbocycles. The maximum Gasteiger partial charge on any atom is 0.0888 e. The van der Waals surface area contributed by atoms with Gasteiger partial charge in [0, 0.05) is 13.7 Å². The van der Waals surface area contributed by atoms with E-state index in [1.54, 1.807) is 6.20 Å². The minimum absolute atomic E-state index is 0.0920. The zero-order valence-electron chi connectivity index (χ0n) is 12.8. The van der Waals surface area contributed by atoms with Gasteiger partial charge in [-0.15, -0.1) is 0 Å². The van der Waals surface area contributed by atoms with Gasteiger partial charge in [0.15, 0.2) is 0 Å². The number of rotatable bonds is 6. The van der Waals surface area contributed by atoms with Gasteiger partial charge in [0.1, 0.15) is 0 Å². The van der Waals surface area contributed by atoms with Crippen LogP contribution in [-0.4, -0.2) is 29.5 Å². The predicted molar refractivity (Wildman–Crippen MR) is 82.2 cm³/mol. The first kappa shape index (κ1) is 15.8. The number of aryl methyl sites for hydroxylation is 1. The Labute approximate surface area is 126 Å². The molecule has 0 aliphatic heterocycles. The average Bonchev–Trinajstić information content (AvgIpc) is 2.83. The maximum atomic E-state index is 6.41. The zero-order chi connectivity index (χ0) is 14.6. The first-order valence-corrected chi connectivity index (χ1v) is 8.00. The molecule has 1 aliphatic carbocycles. The molecule has 0 radical (unpaired) electrons. The third-order valence-electron chi connectivity index (χ3n) is 4.46. The Morgan fingerprint density at radius 1 is 1.45 bits per heavy atom. The molecule has 5 heteroatoms. The van der Waals surface area contributed by atoms with Crippen LogP contribution in [-0.2, 0) is 11.3 Å². The van der Waals surface area contributed by atoms with E-state index in [1.165, 1.54) is 19.3 Å². The second-order valence-corrected chi connectivity index (χ2v) is 6.06. The Hall–Kier alpha value is -0.580. The molecule has 1 atom stereocenters. The number of likely N-dealkylation sites (N-methyl/N-ethyl adjacent to an activating group) is 1. The lowest BCUT2D eigenvalue weighted by atomic mass is 9.78. The fourth-order valence-corrected chi connectivity index (χ4v) is 3.71. The Balaban J connectivity index is 2.37. The predicted octanol–water partition coefficient (Wildman–Crippen LogP) is 3.56. The lowest BCUT2D eigenvalue weighted by molar-refractivity contribution is -0.0690. The molecule has 0 spiro atoms. The monoisotopic (exact) mass is 299 g/mol. The average molecular weight is 300 g/mol. The summed E-state index contributed by atoms with van der Waals surface area (Å²) in [5.41, 5.74) is 0.905. The molecule has 1 N–H and O–H groups in total. The molecular formula is C15H26ClN3O. The first-order valence-electron chi connectivity index (χ1n) is 7.62. The van der Waals surface area contributed by atoms with Crippen molar-refractivity contribution < 1.29 is 4.74 Å². The van der Waals surface area contributed by atoms with Crippen molar-refractivity contribution in [2.45, 2.75) is 63.6 Å². The fourth-order valence-electron chi connectivity index (χ4n) is 3.46. The van der Waals surface area contributed by atoms with Gasteiger partial charge in [-0.1, -0.05) is 37.8 Å². The molecule has 20 heavy (non-hydrogen) atoms. The van der Waals surface area contributed by atoms with E-state index in [2.05, 4.69) is 17.3 Å². The van der Waals surface area contributed by atoms with E-state index in [0.29, 0.717) is 0 Å². The number of aromatic nitrogens is 2. The number of nitrogens with zero attached hydrogens (tertiary/aromatic N) is 2. The molecule has 0 aromatic carbocycles. The number of ether oxygens (including phenoxy) is 1. The van der Waals surface area contributed by atoms with E-state index in [4.69, 9.17) is 16.3 Å². The molecule has 1 aromatic rings. The number of nitrogens with one attached hydrogen (secondary N) is 1. The van der Waals surface area contributed by atoms with E-state index < -0.39 is 0 Å². The van der Waals surface area contributed by atoms with E-state index >= 15 is 0 Å². The summed E-state index contributed by atoms with van der Waals surface area (Å²) in [6.45, 7) is 3.04. The van der Waals surface area contributed by atoms with Crippen molar-refractivity contribution in [2.24, 2.45) is 0 Å². The highest BCUT2D eigenvalue weighted by Gasteiger charge is 2.42. The molecule has 2 rings (SSSR count). The molecule has 1 aromatic heterocycles. The highest BCUT2D eigenvalue weighted by Crippen LogP contribution is 2.42. The van der Waals surface area contributed by atoms with Crippen molar-refractivity contribution in [3.05, 3.63) is 16.9 Å². The molecule has 1 unspecified atom stereocenters. The van der Waals surface area contributed by atoms with Crippen LogP contribution < -0.4 is 5.32 Å². The Morgan fingerprint density at radius 3 is 2.70 bits per heavy atom. The van der Waals surface area contributed by atoms with Crippen molar-refractivity contribution in [3.8, 4) is 0 Å². The Bertz CT molecular complexity index is 427. The van der Waals surface area contributed by atoms with Gasteiger partial charge in [0.2, 0.25) is 0 Å². The van der Waals surface area contributed by atoms with Crippen LogP contribution in [0.4, 0.5) is 0 Å². The summed E-state index contributed by atoms with van der Waals surface area (Å²) in [7, 11) is 3.81. The third kappa shape index (κ3) is 2.87. The van der Waals surface area contributed by atoms with Crippen molar-refractivity contribution >= 4 is 11.6 Å². The zero-order valence-corrected chi connectivity index (χ0v) is 13.5. The lowest BCUT2D eigenvalue weighted by Crippen LogP contribution is -2.47. The van der Waals surface area contributed by atoms with Crippen molar-refractivity contribution in [1.82, 2.24) is 15.1 Å². The van der Waals surface area contributed by atoms with Crippen LogP contribution in [0.1, 0.15) is 57.2 Å². The second kappa shape index (κ2) is 6.92. The van der Waals surface area contributed by atoms with Crippen molar-refractivity contribution in [1.29, 1.82) is 0 Å². The van der Waals surface area contributed by atoms with Gasteiger partial charge in [-0.3, -0.25) is 4.68 Å². The van der Waals surface area contributed by atoms with Crippen molar-refractivity contribution in [2.75, 3.05) is 14.2 Å². The molecule has 0 bridgehead atoms. The molecule has 4 nitrogen and oxygen atoms in total. The van der Waals surface area contributed by atoms with Gasteiger partial charge in [0.25, 0.3) is 0 Å². The summed E-state index contributed by atoms with van der Waals surface area (Å²) >= 11 is 6.41. The fraction of sp³-hybridized carbons (Fsp3) is 0.800. The largest absolute Gasteiger partial charge is 0.376 e. The summed E-state index contributed by atoms with van der Waals surface area (Å²) in [4.78, 5) is 0. The van der Waals surface area contributed by atoms with Crippen LogP contribution in [0.2, 0.25) is 5.02 Å². The smallest absolute Gasteiger partial charge is 0.0888 e. The Kier molecular flexibility index (Phi) is 5.47. The summed E-state index contributed by atoms with van der Waals surface area (Å²) in [6, 6.07) is 0.0920. The van der Waals surface area contributed by atoms with Crippen LogP contribution in [0, 0.1) is 0 Å². The van der Waals surface area contributed by atoms with Crippen molar-refractivity contribution in [3.63, 3.8) is 0 Å². The van der Waals surface area contributed by atoms with Crippen LogP contribution in [0.25, 0.3) is 0 Å². The van der Waals surface area contributed by atoms with Gasteiger partial charge >= 0.3 is 0 Å². The van der Waals surface area contributed by atoms with Gasteiger partial charge in [-0.2, -0.15) is 5.10 Å². The van der Waals surface area contributed by atoms with E-state index in [-0.39, 0.29) is 11.6 Å². The summed E-state index contributed by atoms with van der Waals surface area (Å²) < 4.78 is 8.01. The molecule has 114 valence electrons. The SMILES string of the molecule is CCCn1ncc(Cl)c1C(NC)C1(OC)CCCCC1. The topological polar surface area (TPSA) is 39.1 Å². The first-order chi connectivity index (χ1) is 9.68. The maximum absolute atomic E-state index is 6.41. The highest BCUT2D eigenvalue weighted by atomic mass is 35.5. The minimum Gasteiger partial charge on any atom is -0.376 e. The molecule has 1 aliphatic rings. The Morgan fingerprint density at radius 2 is 2.15 bits per heavy atom. The van der Waals surface area contributed by atoms with E-state index in [1.807, 2.05) is 18.8 Å². The number of methoxy groups -OCH3 is 1. The quantitative estimate of drug-likeness (QED) is 0.873. The molecule has 1 fully saturated rings. The third-order valence-corrected chi connectivity index (χ3v) is 4.75. The summed E-state index contributed by atoms with van der Waals surface area (Å²) in [6.07, 6.45) is 8.66. The van der Waals surface area contributed by atoms with Gasteiger partial charge in [-0.25, -0.2) is 0 Å². The molecule has 0 saturated heterocycles. The van der Waals surface area contributed by atoms with Gasteiger partial charge in [-0.05, 0) is 26.3 Å².